The fourth-order valence-electron chi connectivity index (χ4n) is 4.35. The Labute approximate surface area is 198 Å². The summed E-state index contributed by atoms with van der Waals surface area (Å²) in [5.41, 5.74) is 1.02. The molecule has 0 aliphatic rings. The predicted molar refractivity (Wildman–Crippen MR) is 138 cm³/mol. The van der Waals surface area contributed by atoms with Crippen LogP contribution < -0.4 is 15.9 Å². The van der Waals surface area contributed by atoms with Crippen molar-refractivity contribution in [3.8, 4) is 0 Å². The molecule has 0 bridgehead atoms. The molecule has 0 unspecified atom stereocenters. The average molecular weight is 512 g/mol. The molecule has 4 aromatic carbocycles. The predicted octanol–water partition coefficient (Wildman–Crippen LogP) is 5.85. The van der Waals surface area contributed by atoms with Gasteiger partial charge in [-0.25, -0.2) is 0 Å². The summed E-state index contributed by atoms with van der Waals surface area (Å²) in [6, 6.07) is 33.2. The first-order chi connectivity index (χ1) is 15.0. The molecule has 0 aromatic heterocycles. The second-order valence-electron chi connectivity index (χ2n) is 7.65. The van der Waals surface area contributed by atoms with Gasteiger partial charge in [0.1, 0.15) is 0 Å². The maximum absolute atomic E-state index is 14.5. The van der Waals surface area contributed by atoms with Crippen LogP contribution in [0.5, 0.6) is 0 Å². The van der Waals surface area contributed by atoms with Gasteiger partial charge in [0.2, 0.25) is 0 Å². The van der Waals surface area contributed by atoms with Crippen LogP contribution in [0.1, 0.15) is 11.1 Å². The first kappa shape index (κ1) is 23.8. The molecule has 0 fully saturated rings. The quantitative estimate of drug-likeness (QED) is 0.185. The van der Waals surface area contributed by atoms with E-state index in [-0.39, 0.29) is 22.7 Å². The minimum atomic E-state index is -2.67. The summed E-state index contributed by atoms with van der Waals surface area (Å²) in [5.74, 6) is -0.579. The third kappa shape index (κ3) is 4.50. The van der Waals surface area contributed by atoms with Crippen LogP contribution in [0, 0.1) is 22.9 Å². The van der Waals surface area contributed by atoms with Crippen LogP contribution in [0.15, 0.2) is 103 Å². The maximum atomic E-state index is 14.5. The van der Waals surface area contributed by atoms with Gasteiger partial charge in [0, 0.05) is 0 Å². The Morgan fingerprint density at radius 2 is 1.19 bits per heavy atom. The summed E-state index contributed by atoms with van der Waals surface area (Å²) >= 11 is 0. The molecule has 0 aliphatic heterocycles. The molecule has 0 spiro atoms. The van der Waals surface area contributed by atoms with Crippen molar-refractivity contribution in [1.82, 2.24) is 0 Å². The molecule has 0 radical (unpaired) electrons. The Morgan fingerprint density at radius 3 is 1.56 bits per heavy atom. The van der Waals surface area contributed by atoms with Gasteiger partial charge in [-0.1, -0.05) is 0 Å². The van der Waals surface area contributed by atoms with Gasteiger partial charge in [-0.15, -0.1) is 17.0 Å². The van der Waals surface area contributed by atoms with Crippen LogP contribution in [0.4, 0.5) is 10.1 Å². The number of nitro benzene ring substituents is 1. The molecule has 164 valence electrons. The van der Waals surface area contributed by atoms with Gasteiger partial charge in [-0.2, -0.15) is 0 Å². The van der Waals surface area contributed by atoms with Gasteiger partial charge < -0.3 is 0 Å². The number of halogens is 2. The number of hydrogen-bond donors (Lipinski definition) is 0. The molecule has 0 atom stereocenters. The molecule has 0 aliphatic carbocycles. The van der Waals surface area contributed by atoms with Gasteiger partial charge in [0.15, 0.2) is 0 Å². The summed E-state index contributed by atoms with van der Waals surface area (Å²) in [4.78, 5) is 11.1. The summed E-state index contributed by atoms with van der Waals surface area (Å²) in [6.07, 6.45) is 0.523. The van der Waals surface area contributed by atoms with Crippen molar-refractivity contribution < 1.29 is 9.31 Å². The van der Waals surface area contributed by atoms with Crippen LogP contribution >= 0.6 is 24.2 Å². The Bertz CT molecular complexity index is 1110. The second kappa shape index (κ2) is 10.2. The monoisotopic (exact) mass is 511 g/mol. The van der Waals surface area contributed by atoms with E-state index in [0.29, 0.717) is 17.3 Å². The standard InChI is InChI=1S/C26H23FNO2P.BrH/c1-20-21(17-22(27)18-26(20)28(29)30)19-31(23-11-5-2-6-12-23,24-13-7-3-8-14-24)25-15-9-4-10-16-25;/h2-18,31H,19H2,1H3;1H. The van der Waals surface area contributed by atoms with E-state index in [2.05, 4.69) is 36.4 Å². The van der Waals surface area contributed by atoms with Crippen molar-refractivity contribution >= 4 is 45.8 Å². The van der Waals surface area contributed by atoms with Crippen molar-refractivity contribution in [3.05, 3.63) is 130 Å². The van der Waals surface area contributed by atoms with Crippen LogP contribution in [-0.4, -0.2) is 4.92 Å². The Kier molecular flexibility index (Phi) is 7.55. The molecule has 32 heavy (non-hydrogen) atoms. The second-order valence-corrected chi connectivity index (χ2v) is 11.5. The number of nitrogens with zero attached hydrogens (tertiary/aromatic N) is 1. The van der Waals surface area contributed by atoms with Crippen LogP contribution in [0.3, 0.4) is 0 Å². The molecule has 0 saturated carbocycles. The van der Waals surface area contributed by atoms with Gasteiger partial charge in [0.05, 0.1) is 0 Å². The SMILES string of the molecule is Br.Cc1c(C[PH](c2ccccc2)(c2ccccc2)c2ccccc2)cc(F)cc1[N+](=O)[O-]. The normalized spacial score (nSPS) is 11.4. The van der Waals surface area contributed by atoms with E-state index in [0.717, 1.165) is 6.07 Å². The van der Waals surface area contributed by atoms with Crippen molar-refractivity contribution in [2.45, 2.75) is 13.1 Å². The Morgan fingerprint density at radius 1 is 0.781 bits per heavy atom. The van der Waals surface area contributed by atoms with E-state index in [9.17, 15) is 14.5 Å². The third-order valence-corrected chi connectivity index (χ3v) is 10.8. The number of hydrogen-bond acceptors (Lipinski definition) is 2. The molecule has 0 heterocycles. The number of nitro groups is 1. The molecule has 4 aromatic rings. The molecule has 4 rings (SSSR count). The van der Waals surface area contributed by atoms with E-state index in [1.54, 1.807) is 6.92 Å². The summed E-state index contributed by atoms with van der Waals surface area (Å²) < 4.78 is 14.5. The summed E-state index contributed by atoms with van der Waals surface area (Å²) in [7, 11) is -2.67. The van der Waals surface area contributed by atoms with E-state index in [1.807, 2.05) is 54.6 Å². The molecule has 0 amide bonds. The van der Waals surface area contributed by atoms with E-state index >= 15 is 0 Å². The first-order valence-corrected chi connectivity index (χ1v) is 12.3. The van der Waals surface area contributed by atoms with Crippen LogP contribution in [0.25, 0.3) is 0 Å². The average Bonchev–Trinajstić information content (AvgIpc) is 2.81. The molecule has 3 nitrogen and oxygen atoms in total. The fraction of sp³-hybridized carbons (Fsp3) is 0.0769. The zero-order valence-corrected chi connectivity index (χ0v) is 20.3. The molecular formula is C26H24BrFNO2P. The number of benzene rings is 4. The van der Waals surface area contributed by atoms with E-state index in [4.69, 9.17) is 0 Å². The first-order valence-electron chi connectivity index (χ1n) is 10.1. The summed E-state index contributed by atoms with van der Waals surface area (Å²) in [5, 5.41) is 15.1. The topological polar surface area (TPSA) is 43.1 Å². The molecule has 0 N–H and O–H groups in total. The Hall–Kier alpha value is -2.88. The van der Waals surface area contributed by atoms with Crippen molar-refractivity contribution in [1.29, 1.82) is 0 Å². The zero-order valence-electron chi connectivity index (χ0n) is 17.6. The molecule has 6 heteroatoms. The fourth-order valence-corrected chi connectivity index (χ4v) is 9.19. The van der Waals surface area contributed by atoms with Gasteiger partial charge in [-0.05, 0) is 0 Å². The van der Waals surface area contributed by atoms with Crippen LogP contribution in [0.2, 0.25) is 0 Å². The summed E-state index contributed by atoms with van der Waals surface area (Å²) in [6.45, 7) is 1.72. The van der Waals surface area contributed by atoms with Crippen molar-refractivity contribution in [3.63, 3.8) is 0 Å². The number of rotatable bonds is 6. The van der Waals surface area contributed by atoms with Gasteiger partial charge >= 0.3 is 181 Å². The van der Waals surface area contributed by atoms with E-state index in [1.165, 1.54) is 22.0 Å². The van der Waals surface area contributed by atoms with E-state index < -0.39 is 18.0 Å². The minimum absolute atomic E-state index is 0. The Balaban J connectivity index is 0.00000289. The van der Waals surface area contributed by atoms with Crippen molar-refractivity contribution in [2.24, 2.45) is 0 Å². The molecule has 0 saturated heterocycles. The molecular weight excluding hydrogens is 488 g/mol. The van der Waals surface area contributed by atoms with Gasteiger partial charge in [0.25, 0.3) is 0 Å². The zero-order chi connectivity index (χ0) is 21.8. The third-order valence-electron chi connectivity index (χ3n) is 5.90. The van der Waals surface area contributed by atoms with Crippen molar-refractivity contribution in [2.75, 3.05) is 0 Å². The van der Waals surface area contributed by atoms with Gasteiger partial charge in [-0.3, -0.25) is 0 Å². The van der Waals surface area contributed by atoms with Crippen LogP contribution in [-0.2, 0) is 6.16 Å².